The Morgan fingerprint density at radius 2 is 1.53 bits per heavy atom. The third-order valence-electron chi connectivity index (χ3n) is 2.80. The zero-order valence-corrected chi connectivity index (χ0v) is 10.3. The van der Waals surface area contributed by atoms with Crippen LogP contribution in [0.1, 0.15) is 0 Å². The van der Waals surface area contributed by atoms with Gasteiger partial charge in [0.25, 0.3) is 0 Å². The van der Waals surface area contributed by atoms with Gasteiger partial charge in [-0.25, -0.2) is 0 Å². The van der Waals surface area contributed by atoms with E-state index in [2.05, 4.69) is 12.1 Å². The van der Waals surface area contributed by atoms with Crippen LogP contribution in [0.3, 0.4) is 0 Å². The van der Waals surface area contributed by atoms with Gasteiger partial charge < -0.3 is 4.74 Å². The van der Waals surface area contributed by atoms with Crippen LogP contribution >= 0.6 is 0 Å². The van der Waals surface area contributed by atoms with E-state index in [9.17, 15) is 0 Å². The first-order valence-electron chi connectivity index (χ1n) is 6.13. The van der Waals surface area contributed by atoms with Crippen LogP contribution in [0.5, 0.6) is 11.5 Å². The molecule has 0 heterocycles. The van der Waals surface area contributed by atoms with Gasteiger partial charge in [0, 0.05) is 5.56 Å². The molecule has 3 rings (SSSR count). The molecule has 0 fully saturated rings. The maximum Gasteiger partial charge on any atom is 0.135 e. The van der Waals surface area contributed by atoms with Crippen molar-refractivity contribution in [1.82, 2.24) is 0 Å². The Bertz CT molecular complexity index is 645. The Balaban J connectivity index is 1.99. The van der Waals surface area contributed by atoms with Gasteiger partial charge in [-0.2, -0.15) is 0 Å². The lowest BCUT2D eigenvalue weighted by molar-refractivity contribution is 0.484. The van der Waals surface area contributed by atoms with Crippen molar-refractivity contribution >= 4 is 0 Å². The molecule has 0 saturated heterocycles. The average molecular weight is 244 g/mol. The van der Waals surface area contributed by atoms with Crippen LogP contribution < -0.4 is 4.74 Å². The Kier molecular flexibility index (Phi) is 3.28. The number of benzene rings is 3. The van der Waals surface area contributed by atoms with E-state index in [0.717, 1.165) is 22.6 Å². The molecule has 0 aliphatic rings. The zero-order valence-electron chi connectivity index (χ0n) is 10.3. The average Bonchev–Trinajstić information content (AvgIpc) is 2.50. The van der Waals surface area contributed by atoms with Crippen molar-refractivity contribution in [1.29, 1.82) is 0 Å². The maximum atomic E-state index is 5.92. The first-order valence-corrected chi connectivity index (χ1v) is 6.13. The summed E-state index contributed by atoms with van der Waals surface area (Å²) in [5.74, 6) is 1.64. The molecule has 3 aromatic carbocycles. The summed E-state index contributed by atoms with van der Waals surface area (Å²) in [5, 5.41) is 0. The highest BCUT2D eigenvalue weighted by atomic mass is 16.5. The molecule has 1 heteroatoms. The molecule has 0 aromatic heterocycles. The first kappa shape index (κ1) is 11.5. The van der Waals surface area contributed by atoms with E-state index in [0.29, 0.717) is 0 Å². The second-order valence-corrected chi connectivity index (χ2v) is 4.11. The number of para-hydroxylation sites is 1. The van der Waals surface area contributed by atoms with Gasteiger partial charge in [0.2, 0.25) is 0 Å². The number of hydrogen-bond acceptors (Lipinski definition) is 1. The number of ether oxygens (including phenoxy) is 1. The smallest absolute Gasteiger partial charge is 0.135 e. The van der Waals surface area contributed by atoms with Crippen molar-refractivity contribution in [3.8, 4) is 22.6 Å². The van der Waals surface area contributed by atoms with Crippen molar-refractivity contribution < 1.29 is 4.74 Å². The third kappa shape index (κ3) is 2.66. The van der Waals surface area contributed by atoms with Gasteiger partial charge in [-0.1, -0.05) is 54.6 Å². The number of hydrogen-bond donors (Lipinski definition) is 0. The van der Waals surface area contributed by atoms with Gasteiger partial charge in [0.15, 0.2) is 0 Å². The van der Waals surface area contributed by atoms with E-state index in [4.69, 9.17) is 4.74 Å². The quantitative estimate of drug-likeness (QED) is 0.646. The molecule has 19 heavy (non-hydrogen) atoms. The molecule has 0 bridgehead atoms. The largest absolute Gasteiger partial charge is 0.457 e. The van der Waals surface area contributed by atoms with E-state index < -0.39 is 0 Å². The van der Waals surface area contributed by atoms with Crippen molar-refractivity contribution in [2.45, 2.75) is 0 Å². The highest BCUT2D eigenvalue weighted by Gasteiger charge is 2.06. The summed E-state index contributed by atoms with van der Waals surface area (Å²) in [6, 6.07) is 29.5. The van der Waals surface area contributed by atoms with Crippen LogP contribution in [0.2, 0.25) is 0 Å². The highest BCUT2D eigenvalue weighted by molar-refractivity contribution is 5.70. The van der Waals surface area contributed by atoms with Crippen molar-refractivity contribution in [2.24, 2.45) is 0 Å². The minimum atomic E-state index is 0.808. The molecule has 2 radical (unpaired) electrons. The van der Waals surface area contributed by atoms with Crippen LogP contribution in [0.4, 0.5) is 0 Å². The normalized spacial score (nSPS) is 10.1. The summed E-state index contributed by atoms with van der Waals surface area (Å²) >= 11 is 0. The summed E-state index contributed by atoms with van der Waals surface area (Å²) in [6.45, 7) is 0. The van der Waals surface area contributed by atoms with Crippen LogP contribution in [-0.2, 0) is 0 Å². The second kappa shape index (κ2) is 5.40. The predicted octanol–water partition coefficient (Wildman–Crippen LogP) is 4.75. The Labute approximate surface area is 113 Å². The van der Waals surface area contributed by atoms with E-state index in [1.54, 1.807) is 0 Å². The topological polar surface area (TPSA) is 9.23 Å². The molecule has 1 nitrogen and oxygen atoms in total. The van der Waals surface area contributed by atoms with E-state index in [-0.39, 0.29) is 0 Å². The molecule has 0 unspecified atom stereocenters. The van der Waals surface area contributed by atoms with Gasteiger partial charge >= 0.3 is 0 Å². The lowest BCUT2D eigenvalue weighted by Gasteiger charge is -2.10. The van der Waals surface area contributed by atoms with E-state index in [1.807, 2.05) is 72.8 Å². The monoisotopic (exact) mass is 244 g/mol. The van der Waals surface area contributed by atoms with Crippen molar-refractivity contribution in [3.63, 3.8) is 0 Å². The molecule has 0 atom stereocenters. The predicted molar refractivity (Wildman–Crippen MR) is 76.1 cm³/mol. The molecule has 0 N–H and O–H groups in total. The summed E-state index contributed by atoms with van der Waals surface area (Å²) in [4.78, 5) is 0. The fourth-order valence-electron chi connectivity index (χ4n) is 1.91. The second-order valence-electron chi connectivity index (χ2n) is 4.11. The first-order chi connectivity index (χ1) is 9.43. The lowest BCUT2D eigenvalue weighted by atomic mass is 10.1. The van der Waals surface area contributed by atoms with E-state index in [1.165, 1.54) is 0 Å². The molecular weight excluding hydrogens is 232 g/mol. The molecule has 0 amide bonds. The molecule has 0 aliphatic carbocycles. The minimum Gasteiger partial charge on any atom is -0.457 e. The van der Waals surface area contributed by atoms with Gasteiger partial charge in [0.1, 0.15) is 11.5 Å². The summed E-state index contributed by atoms with van der Waals surface area (Å²) in [6.07, 6.45) is 0. The maximum absolute atomic E-state index is 5.92. The molecule has 0 spiro atoms. The molecule has 0 saturated carbocycles. The van der Waals surface area contributed by atoms with Crippen LogP contribution in [0.15, 0.2) is 72.8 Å². The Morgan fingerprint density at radius 3 is 2.32 bits per heavy atom. The minimum absolute atomic E-state index is 0.808. The van der Waals surface area contributed by atoms with Gasteiger partial charge in [-0.15, -0.1) is 0 Å². The Morgan fingerprint density at radius 1 is 0.737 bits per heavy atom. The van der Waals surface area contributed by atoms with Gasteiger partial charge in [-0.05, 0) is 35.9 Å². The summed E-state index contributed by atoms with van der Waals surface area (Å²) in [7, 11) is 0. The van der Waals surface area contributed by atoms with Gasteiger partial charge in [-0.3, -0.25) is 0 Å². The van der Waals surface area contributed by atoms with Crippen molar-refractivity contribution in [2.75, 3.05) is 0 Å². The number of rotatable bonds is 3. The van der Waals surface area contributed by atoms with Gasteiger partial charge in [0.05, 0.1) is 0 Å². The van der Waals surface area contributed by atoms with Crippen LogP contribution in [0, 0.1) is 12.1 Å². The fourth-order valence-corrected chi connectivity index (χ4v) is 1.91. The Hall–Kier alpha value is -2.54. The standard InChI is InChI=1S/C18H12O/c1-3-9-15(10-4-1)17-13-7-8-14-18(17)19-16-11-5-2-6-12-16/h1,3-9,11-14H. The highest BCUT2D eigenvalue weighted by Crippen LogP contribution is 2.32. The third-order valence-corrected chi connectivity index (χ3v) is 2.80. The van der Waals surface area contributed by atoms with E-state index >= 15 is 0 Å². The molecular formula is C18H12O. The van der Waals surface area contributed by atoms with Crippen LogP contribution in [-0.4, -0.2) is 0 Å². The summed E-state index contributed by atoms with van der Waals surface area (Å²) in [5.41, 5.74) is 2.07. The lowest BCUT2D eigenvalue weighted by Crippen LogP contribution is -1.87. The summed E-state index contributed by atoms with van der Waals surface area (Å²) < 4.78 is 5.92. The van der Waals surface area contributed by atoms with Crippen LogP contribution in [0.25, 0.3) is 11.1 Å². The SMILES string of the molecule is [c]1ccc(Oc2ccccc2-c2[c]cccc2)cc1. The molecule has 90 valence electrons. The fraction of sp³-hybridized carbons (Fsp3) is 0. The van der Waals surface area contributed by atoms with Crippen molar-refractivity contribution in [3.05, 3.63) is 84.9 Å². The molecule has 0 aliphatic heterocycles. The molecule has 3 aromatic rings. The zero-order chi connectivity index (χ0) is 12.9.